The molecule has 2 aromatic carbocycles. The number of hydrogen-bond acceptors (Lipinski definition) is 4. The minimum absolute atomic E-state index is 0.0788. The SMILES string of the molecule is CSCCC(=O)Nc1cc(C(=O)Nc2cccc(C(=O)N(C)C)c2)ccc1C. The largest absolute Gasteiger partial charge is 0.345 e. The molecular weight excluding hydrogens is 374 g/mol. The Balaban J connectivity index is 2.14. The predicted molar refractivity (Wildman–Crippen MR) is 115 cm³/mol. The molecule has 0 aromatic heterocycles. The molecule has 3 amide bonds. The van der Waals surface area contributed by atoms with Gasteiger partial charge in [-0.05, 0) is 49.1 Å². The third kappa shape index (κ3) is 5.85. The number of carbonyl (C=O) groups excluding carboxylic acids is 3. The fourth-order valence-corrected chi connectivity index (χ4v) is 2.89. The molecule has 2 N–H and O–H groups in total. The molecule has 0 unspecified atom stereocenters. The van der Waals surface area contributed by atoms with Gasteiger partial charge in [-0.25, -0.2) is 0 Å². The first-order chi connectivity index (χ1) is 13.3. The van der Waals surface area contributed by atoms with Crippen LogP contribution >= 0.6 is 11.8 Å². The zero-order valence-electron chi connectivity index (χ0n) is 16.5. The van der Waals surface area contributed by atoms with Crippen LogP contribution in [0.3, 0.4) is 0 Å². The molecule has 0 heterocycles. The van der Waals surface area contributed by atoms with Crippen LogP contribution < -0.4 is 10.6 Å². The van der Waals surface area contributed by atoms with E-state index in [2.05, 4.69) is 10.6 Å². The summed E-state index contributed by atoms with van der Waals surface area (Å²) in [7, 11) is 3.35. The topological polar surface area (TPSA) is 78.5 Å². The van der Waals surface area contributed by atoms with E-state index >= 15 is 0 Å². The van der Waals surface area contributed by atoms with Crippen molar-refractivity contribution >= 4 is 40.9 Å². The molecule has 0 saturated carbocycles. The second-order valence-corrected chi connectivity index (χ2v) is 7.54. The monoisotopic (exact) mass is 399 g/mol. The summed E-state index contributed by atoms with van der Waals surface area (Å²) in [5.74, 6) is 0.216. The molecule has 148 valence electrons. The van der Waals surface area contributed by atoms with E-state index in [4.69, 9.17) is 0 Å². The van der Waals surface area contributed by atoms with Crippen molar-refractivity contribution in [2.45, 2.75) is 13.3 Å². The van der Waals surface area contributed by atoms with Crippen molar-refractivity contribution in [2.24, 2.45) is 0 Å². The first-order valence-electron chi connectivity index (χ1n) is 8.84. The average Bonchev–Trinajstić information content (AvgIpc) is 2.67. The van der Waals surface area contributed by atoms with Crippen LogP contribution in [0.25, 0.3) is 0 Å². The van der Waals surface area contributed by atoms with Crippen molar-refractivity contribution in [3.8, 4) is 0 Å². The highest BCUT2D eigenvalue weighted by molar-refractivity contribution is 7.98. The van der Waals surface area contributed by atoms with Gasteiger partial charge < -0.3 is 15.5 Å². The lowest BCUT2D eigenvalue weighted by Gasteiger charge is -2.13. The Morgan fingerprint density at radius 2 is 1.75 bits per heavy atom. The molecule has 0 saturated heterocycles. The number of rotatable bonds is 7. The van der Waals surface area contributed by atoms with Crippen LogP contribution in [0.5, 0.6) is 0 Å². The van der Waals surface area contributed by atoms with E-state index in [-0.39, 0.29) is 17.7 Å². The number of hydrogen-bond donors (Lipinski definition) is 2. The lowest BCUT2D eigenvalue weighted by atomic mass is 10.1. The number of nitrogens with zero attached hydrogens (tertiary/aromatic N) is 1. The fraction of sp³-hybridized carbons (Fsp3) is 0.286. The Bertz CT molecular complexity index is 881. The third-order valence-corrected chi connectivity index (χ3v) is 4.69. The third-order valence-electron chi connectivity index (χ3n) is 4.08. The number of nitrogens with one attached hydrogen (secondary N) is 2. The van der Waals surface area contributed by atoms with Gasteiger partial charge in [0.1, 0.15) is 0 Å². The maximum absolute atomic E-state index is 12.6. The van der Waals surface area contributed by atoms with Crippen molar-refractivity contribution in [3.63, 3.8) is 0 Å². The average molecular weight is 400 g/mol. The molecule has 0 spiro atoms. The van der Waals surface area contributed by atoms with Crippen LogP contribution in [0, 0.1) is 6.92 Å². The smallest absolute Gasteiger partial charge is 0.255 e. The summed E-state index contributed by atoms with van der Waals surface area (Å²) in [6.07, 6.45) is 2.37. The van der Waals surface area contributed by atoms with E-state index in [0.717, 1.165) is 11.3 Å². The molecule has 28 heavy (non-hydrogen) atoms. The molecule has 0 fully saturated rings. The normalized spacial score (nSPS) is 10.3. The number of amides is 3. The summed E-state index contributed by atoms with van der Waals surface area (Å²) in [6, 6.07) is 12.0. The maximum Gasteiger partial charge on any atom is 0.255 e. The van der Waals surface area contributed by atoms with Crippen LogP contribution in [0.15, 0.2) is 42.5 Å². The zero-order chi connectivity index (χ0) is 20.7. The van der Waals surface area contributed by atoms with Crippen LogP contribution in [0.4, 0.5) is 11.4 Å². The number of thioether (sulfide) groups is 1. The molecule has 6 nitrogen and oxygen atoms in total. The maximum atomic E-state index is 12.6. The number of anilines is 2. The van der Waals surface area contributed by atoms with E-state index in [0.29, 0.717) is 28.9 Å². The molecule has 7 heteroatoms. The van der Waals surface area contributed by atoms with Crippen molar-refractivity contribution in [1.82, 2.24) is 4.90 Å². The van der Waals surface area contributed by atoms with Gasteiger partial charge >= 0.3 is 0 Å². The highest BCUT2D eigenvalue weighted by Gasteiger charge is 2.13. The standard InChI is InChI=1S/C21H25N3O3S/c1-14-8-9-15(13-18(14)23-19(25)10-11-28-4)20(26)22-17-7-5-6-16(12-17)21(27)24(2)3/h5-9,12-13H,10-11H2,1-4H3,(H,22,26)(H,23,25). The molecule has 0 radical (unpaired) electrons. The molecule has 2 aromatic rings. The summed E-state index contributed by atoms with van der Waals surface area (Å²) in [6.45, 7) is 1.88. The summed E-state index contributed by atoms with van der Waals surface area (Å²) in [5, 5.41) is 5.66. The molecule has 2 rings (SSSR count). The van der Waals surface area contributed by atoms with E-state index in [1.165, 1.54) is 4.90 Å². The van der Waals surface area contributed by atoms with E-state index in [1.54, 1.807) is 68.3 Å². The lowest BCUT2D eigenvalue weighted by Crippen LogP contribution is -2.22. The highest BCUT2D eigenvalue weighted by Crippen LogP contribution is 2.19. The second kappa shape index (κ2) is 9.94. The molecule has 0 aliphatic rings. The summed E-state index contributed by atoms with van der Waals surface area (Å²) in [5.41, 5.74) is 2.95. The van der Waals surface area contributed by atoms with Gasteiger partial charge in [0.15, 0.2) is 0 Å². The number of carbonyl (C=O) groups is 3. The Kier molecular flexibility index (Phi) is 7.63. The van der Waals surface area contributed by atoms with Crippen molar-refractivity contribution in [2.75, 3.05) is 36.7 Å². The van der Waals surface area contributed by atoms with Crippen LogP contribution in [-0.4, -0.2) is 48.7 Å². The van der Waals surface area contributed by atoms with Gasteiger partial charge in [-0.15, -0.1) is 0 Å². The van der Waals surface area contributed by atoms with Crippen LogP contribution in [0.2, 0.25) is 0 Å². The zero-order valence-corrected chi connectivity index (χ0v) is 17.4. The van der Waals surface area contributed by atoms with Gasteiger partial charge in [0.2, 0.25) is 5.91 Å². The molecule has 0 bridgehead atoms. The quantitative estimate of drug-likeness (QED) is 0.745. The molecule has 0 aliphatic carbocycles. The van der Waals surface area contributed by atoms with E-state index in [1.807, 2.05) is 13.2 Å². The first-order valence-corrected chi connectivity index (χ1v) is 10.2. The summed E-state index contributed by atoms with van der Waals surface area (Å²) in [4.78, 5) is 38.2. The van der Waals surface area contributed by atoms with Gasteiger partial charge in [0, 0.05) is 48.8 Å². The Morgan fingerprint density at radius 1 is 1.00 bits per heavy atom. The minimum Gasteiger partial charge on any atom is -0.345 e. The molecule has 0 aliphatic heterocycles. The Labute approximate surface area is 169 Å². The van der Waals surface area contributed by atoms with Crippen molar-refractivity contribution < 1.29 is 14.4 Å². The van der Waals surface area contributed by atoms with Crippen LogP contribution in [0.1, 0.15) is 32.7 Å². The molecular formula is C21H25N3O3S. The highest BCUT2D eigenvalue weighted by atomic mass is 32.2. The fourth-order valence-electron chi connectivity index (χ4n) is 2.50. The molecule has 0 atom stereocenters. The minimum atomic E-state index is -0.311. The predicted octanol–water partition coefficient (Wildman–Crippen LogP) is 3.64. The van der Waals surface area contributed by atoms with Gasteiger partial charge in [-0.2, -0.15) is 11.8 Å². The van der Waals surface area contributed by atoms with Gasteiger partial charge in [-0.1, -0.05) is 12.1 Å². The van der Waals surface area contributed by atoms with E-state index < -0.39 is 0 Å². The van der Waals surface area contributed by atoms with Gasteiger partial charge in [0.25, 0.3) is 11.8 Å². The van der Waals surface area contributed by atoms with Crippen LogP contribution in [-0.2, 0) is 4.79 Å². The summed E-state index contributed by atoms with van der Waals surface area (Å²) < 4.78 is 0. The lowest BCUT2D eigenvalue weighted by molar-refractivity contribution is -0.115. The van der Waals surface area contributed by atoms with E-state index in [9.17, 15) is 14.4 Å². The van der Waals surface area contributed by atoms with Gasteiger partial charge in [-0.3, -0.25) is 14.4 Å². The second-order valence-electron chi connectivity index (χ2n) is 6.56. The first kappa shape index (κ1) is 21.5. The number of aryl methyl sites for hydroxylation is 1. The Morgan fingerprint density at radius 3 is 2.43 bits per heavy atom. The number of benzene rings is 2. The Hall–Kier alpha value is -2.80. The van der Waals surface area contributed by atoms with Crippen molar-refractivity contribution in [1.29, 1.82) is 0 Å². The van der Waals surface area contributed by atoms with Crippen molar-refractivity contribution in [3.05, 3.63) is 59.2 Å². The summed E-state index contributed by atoms with van der Waals surface area (Å²) >= 11 is 1.61. The van der Waals surface area contributed by atoms with Gasteiger partial charge in [0.05, 0.1) is 0 Å².